The number of halogens is 3. The average molecular weight is 257 g/mol. The maximum Gasteiger partial charge on any atom is 0.573 e. The molecule has 96 valence electrons. The van der Waals surface area contributed by atoms with Crippen LogP contribution in [0, 0.1) is 6.92 Å². The van der Waals surface area contributed by atoms with Crippen LogP contribution in [0.1, 0.15) is 17.0 Å². The van der Waals surface area contributed by atoms with E-state index in [-0.39, 0.29) is 5.75 Å². The molecule has 0 fully saturated rings. The van der Waals surface area contributed by atoms with E-state index in [2.05, 4.69) is 9.89 Å². The summed E-state index contributed by atoms with van der Waals surface area (Å²) < 4.78 is 45.0. The van der Waals surface area contributed by atoms with Gasteiger partial charge in [-0.15, -0.1) is 13.2 Å². The fourth-order valence-electron chi connectivity index (χ4n) is 1.55. The molecular formula is C12H10F3NO2. The molecule has 0 saturated carbocycles. The van der Waals surface area contributed by atoms with Gasteiger partial charge in [0, 0.05) is 12.5 Å². The highest BCUT2D eigenvalue weighted by molar-refractivity contribution is 5.31. The van der Waals surface area contributed by atoms with Crippen molar-refractivity contribution in [1.82, 2.24) is 5.16 Å². The van der Waals surface area contributed by atoms with Crippen LogP contribution in [0.4, 0.5) is 13.2 Å². The van der Waals surface area contributed by atoms with Crippen LogP contribution in [0.2, 0.25) is 0 Å². The van der Waals surface area contributed by atoms with E-state index in [1.165, 1.54) is 18.2 Å². The summed E-state index contributed by atoms with van der Waals surface area (Å²) in [7, 11) is 0. The van der Waals surface area contributed by atoms with Crippen molar-refractivity contribution in [3.63, 3.8) is 0 Å². The van der Waals surface area contributed by atoms with Crippen molar-refractivity contribution in [3.8, 4) is 5.75 Å². The number of alkyl halides is 3. The largest absolute Gasteiger partial charge is 0.573 e. The van der Waals surface area contributed by atoms with E-state index in [0.717, 1.165) is 5.69 Å². The molecule has 3 nitrogen and oxygen atoms in total. The SMILES string of the molecule is Cc1cc(Cc2cccc(OC(F)(F)F)c2)on1. The molecule has 1 aromatic carbocycles. The molecule has 0 radical (unpaired) electrons. The molecular weight excluding hydrogens is 247 g/mol. The lowest BCUT2D eigenvalue weighted by Gasteiger charge is -2.09. The first-order chi connectivity index (χ1) is 8.42. The Morgan fingerprint density at radius 1 is 1.28 bits per heavy atom. The molecule has 0 N–H and O–H groups in total. The number of aromatic nitrogens is 1. The van der Waals surface area contributed by atoms with Crippen LogP contribution in [0.3, 0.4) is 0 Å². The van der Waals surface area contributed by atoms with E-state index in [0.29, 0.717) is 17.7 Å². The molecule has 0 saturated heterocycles. The Morgan fingerprint density at radius 3 is 2.67 bits per heavy atom. The number of nitrogens with zero attached hydrogens (tertiary/aromatic N) is 1. The van der Waals surface area contributed by atoms with Crippen molar-refractivity contribution >= 4 is 0 Å². The number of benzene rings is 1. The maximum absolute atomic E-state index is 12.1. The summed E-state index contributed by atoms with van der Waals surface area (Å²) in [5.41, 5.74) is 1.39. The highest BCUT2D eigenvalue weighted by Crippen LogP contribution is 2.24. The fraction of sp³-hybridized carbons (Fsp3) is 0.250. The van der Waals surface area contributed by atoms with Gasteiger partial charge in [-0.25, -0.2) is 0 Å². The zero-order valence-electron chi connectivity index (χ0n) is 9.49. The van der Waals surface area contributed by atoms with Gasteiger partial charge in [-0.05, 0) is 24.6 Å². The molecule has 2 rings (SSSR count). The molecule has 0 amide bonds. The van der Waals surface area contributed by atoms with Crippen molar-refractivity contribution in [2.75, 3.05) is 0 Å². The van der Waals surface area contributed by atoms with Gasteiger partial charge in [0.1, 0.15) is 11.5 Å². The minimum absolute atomic E-state index is 0.240. The Bertz CT molecular complexity index is 534. The van der Waals surface area contributed by atoms with E-state index in [4.69, 9.17) is 4.52 Å². The van der Waals surface area contributed by atoms with E-state index in [1.54, 1.807) is 19.1 Å². The first-order valence-electron chi connectivity index (χ1n) is 5.19. The molecule has 1 heterocycles. The van der Waals surface area contributed by atoms with Crippen molar-refractivity contribution in [1.29, 1.82) is 0 Å². The minimum atomic E-state index is -4.68. The lowest BCUT2D eigenvalue weighted by molar-refractivity contribution is -0.274. The van der Waals surface area contributed by atoms with Gasteiger partial charge < -0.3 is 9.26 Å². The lowest BCUT2D eigenvalue weighted by atomic mass is 10.1. The van der Waals surface area contributed by atoms with Gasteiger partial charge in [0.15, 0.2) is 0 Å². The first-order valence-corrected chi connectivity index (χ1v) is 5.19. The summed E-state index contributed by atoms with van der Waals surface area (Å²) in [5, 5.41) is 3.71. The van der Waals surface area contributed by atoms with Gasteiger partial charge in [-0.2, -0.15) is 0 Å². The standard InChI is InChI=1S/C12H10F3NO2/c1-8-5-11(18-16-8)7-9-3-2-4-10(6-9)17-12(13,14)15/h2-6H,7H2,1H3. The van der Waals surface area contributed by atoms with E-state index < -0.39 is 6.36 Å². The van der Waals surface area contributed by atoms with E-state index in [1.807, 2.05) is 0 Å². The van der Waals surface area contributed by atoms with Crippen molar-refractivity contribution in [2.45, 2.75) is 19.7 Å². The van der Waals surface area contributed by atoms with Crippen LogP contribution in [-0.4, -0.2) is 11.5 Å². The van der Waals surface area contributed by atoms with Crippen molar-refractivity contribution in [2.24, 2.45) is 0 Å². The van der Waals surface area contributed by atoms with Crippen LogP contribution < -0.4 is 4.74 Å². The summed E-state index contributed by atoms with van der Waals surface area (Å²) >= 11 is 0. The third-order valence-corrected chi connectivity index (χ3v) is 2.19. The molecule has 0 spiro atoms. The summed E-state index contributed by atoms with van der Waals surface area (Å²) in [6.45, 7) is 1.77. The van der Waals surface area contributed by atoms with Crippen LogP contribution in [0.5, 0.6) is 5.75 Å². The predicted molar refractivity (Wildman–Crippen MR) is 57.2 cm³/mol. The highest BCUT2D eigenvalue weighted by atomic mass is 19.4. The normalized spacial score (nSPS) is 11.6. The quantitative estimate of drug-likeness (QED) is 0.844. The molecule has 1 aromatic heterocycles. The van der Waals surface area contributed by atoms with Gasteiger partial charge in [0.25, 0.3) is 0 Å². The summed E-state index contributed by atoms with van der Waals surface area (Å²) in [5.74, 6) is 0.355. The lowest BCUT2D eigenvalue weighted by Crippen LogP contribution is -2.17. The second-order valence-corrected chi connectivity index (χ2v) is 3.81. The molecule has 2 aromatic rings. The number of rotatable bonds is 3. The van der Waals surface area contributed by atoms with E-state index >= 15 is 0 Å². The monoisotopic (exact) mass is 257 g/mol. The zero-order chi connectivity index (χ0) is 13.2. The van der Waals surface area contributed by atoms with Gasteiger partial charge >= 0.3 is 6.36 Å². The van der Waals surface area contributed by atoms with Crippen LogP contribution in [-0.2, 0) is 6.42 Å². The molecule has 0 unspecified atom stereocenters. The number of hydrogen-bond donors (Lipinski definition) is 0. The number of aryl methyl sites for hydroxylation is 1. The third kappa shape index (κ3) is 3.51. The van der Waals surface area contributed by atoms with Crippen LogP contribution >= 0.6 is 0 Å². The molecule has 0 bridgehead atoms. The van der Waals surface area contributed by atoms with Gasteiger partial charge in [-0.3, -0.25) is 0 Å². The summed E-state index contributed by atoms with van der Waals surface area (Å²) in [6.07, 6.45) is -4.31. The fourth-order valence-corrected chi connectivity index (χ4v) is 1.55. The smallest absolute Gasteiger partial charge is 0.406 e. The zero-order valence-corrected chi connectivity index (χ0v) is 9.49. The Balaban J connectivity index is 2.12. The summed E-state index contributed by atoms with van der Waals surface area (Å²) in [4.78, 5) is 0. The van der Waals surface area contributed by atoms with Crippen molar-refractivity contribution in [3.05, 3.63) is 47.3 Å². The van der Waals surface area contributed by atoms with E-state index in [9.17, 15) is 13.2 Å². The molecule has 0 aliphatic rings. The Labute approximate surface area is 101 Å². The Hall–Kier alpha value is -1.98. The van der Waals surface area contributed by atoms with Crippen molar-refractivity contribution < 1.29 is 22.4 Å². The predicted octanol–water partition coefficient (Wildman–Crippen LogP) is 3.47. The maximum atomic E-state index is 12.1. The van der Waals surface area contributed by atoms with Crippen LogP contribution in [0.15, 0.2) is 34.9 Å². The molecule has 0 aliphatic carbocycles. The topological polar surface area (TPSA) is 35.3 Å². The van der Waals surface area contributed by atoms with Gasteiger partial charge in [-0.1, -0.05) is 17.3 Å². The first kappa shape index (κ1) is 12.5. The molecule has 18 heavy (non-hydrogen) atoms. The highest BCUT2D eigenvalue weighted by Gasteiger charge is 2.31. The number of ether oxygens (including phenoxy) is 1. The second kappa shape index (κ2) is 4.72. The Kier molecular flexibility index (Phi) is 3.27. The molecule has 0 atom stereocenters. The number of hydrogen-bond acceptors (Lipinski definition) is 3. The average Bonchev–Trinajstić information content (AvgIpc) is 2.62. The summed E-state index contributed by atoms with van der Waals surface area (Å²) in [6, 6.07) is 7.51. The Morgan fingerprint density at radius 2 is 2.06 bits per heavy atom. The van der Waals surface area contributed by atoms with Crippen LogP contribution in [0.25, 0.3) is 0 Å². The van der Waals surface area contributed by atoms with Gasteiger partial charge in [0.2, 0.25) is 0 Å². The third-order valence-electron chi connectivity index (χ3n) is 2.19. The molecule has 0 aliphatic heterocycles. The minimum Gasteiger partial charge on any atom is -0.406 e. The second-order valence-electron chi connectivity index (χ2n) is 3.81. The molecule has 6 heteroatoms. The van der Waals surface area contributed by atoms with Gasteiger partial charge in [0.05, 0.1) is 5.69 Å².